The summed E-state index contributed by atoms with van der Waals surface area (Å²) in [4.78, 5) is 26.8. The smallest absolute Gasteiger partial charge is 0.355 e. The van der Waals surface area contributed by atoms with Gasteiger partial charge in [0.05, 0.1) is 13.2 Å². The van der Waals surface area contributed by atoms with Crippen molar-refractivity contribution in [1.29, 1.82) is 0 Å². The molecule has 2 N–H and O–H groups in total. The number of carbonyl (C=O) groups is 2. The molecule has 1 aromatic carbocycles. The summed E-state index contributed by atoms with van der Waals surface area (Å²) in [5, 5.41) is 13.5. The van der Waals surface area contributed by atoms with Crippen LogP contribution in [-0.2, 0) is 6.54 Å². The Morgan fingerprint density at radius 1 is 1.25 bits per heavy atom. The third kappa shape index (κ3) is 5.34. The average molecular weight is 348 g/mol. The first-order valence-corrected chi connectivity index (χ1v) is 8.67. The molecule has 2 rings (SSSR count). The topological polar surface area (TPSA) is 88.5 Å². The van der Waals surface area contributed by atoms with E-state index in [0.717, 1.165) is 25.0 Å². The van der Waals surface area contributed by atoms with Crippen LogP contribution >= 0.6 is 11.3 Å². The Labute approximate surface area is 144 Å². The van der Waals surface area contributed by atoms with Crippen molar-refractivity contribution in [2.45, 2.75) is 32.7 Å². The number of rotatable bonds is 9. The molecular weight excluding hydrogens is 328 g/mol. The second-order valence-electron chi connectivity index (χ2n) is 5.19. The lowest BCUT2D eigenvalue weighted by molar-refractivity contribution is 0.0691. The lowest BCUT2D eigenvalue weighted by Gasteiger charge is -2.07. The van der Waals surface area contributed by atoms with E-state index in [9.17, 15) is 9.59 Å². The Morgan fingerprint density at radius 3 is 2.62 bits per heavy atom. The number of benzene rings is 1. The Balaban J connectivity index is 1.82. The summed E-state index contributed by atoms with van der Waals surface area (Å²) >= 11 is 1.20. The summed E-state index contributed by atoms with van der Waals surface area (Å²) < 4.78 is 5.60. The monoisotopic (exact) mass is 348 g/mol. The van der Waals surface area contributed by atoms with Crippen molar-refractivity contribution in [3.8, 4) is 5.75 Å². The Kier molecular flexibility index (Phi) is 6.74. The number of aromatic nitrogens is 1. The Morgan fingerprint density at radius 2 is 2.00 bits per heavy atom. The fourth-order valence-corrected chi connectivity index (χ4v) is 2.70. The molecule has 0 bridgehead atoms. The average Bonchev–Trinajstić information content (AvgIpc) is 3.06. The SMILES string of the molecule is CCCCCOc1ccc(C(=O)NCc2nc(C(=O)O)cs2)cc1. The van der Waals surface area contributed by atoms with E-state index in [4.69, 9.17) is 9.84 Å². The summed E-state index contributed by atoms with van der Waals surface area (Å²) in [5.74, 6) is -0.563. The number of carboxylic acid groups (broad SMARTS) is 1. The molecule has 0 aliphatic heterocycles. The highest BCUT2D eigenvalue weighted by Gasteiger charge is 2.10. The van der Waals surface area contributed by atoms with Gasteiger partial charge in [-0.15, -0.1) is 11.3 Å². The van der Waals surface area contributed by atoms with E-state index in [2.05, 4.69) is 17.2 Å². The predicted molar refractivity (Wildman–Crippen MR) is 91.7 cm³/mol. The minimum absolute atomic E-state index is 0.00572. The molecule has 128 valence electrons. The minimum Gasteiger partial charge on any atom is -0.494 e. The normalized spacial score (nSPS) is 10.4. The Bertz CT molecular complexity index is 682. The molecule has 0 saturated heterocycles. The van der Waals surface area contributed by atoms with Gasteiger partial charge in [0.1, 0.15) is 10.8 Å². The van der Waals surface area contributed by atoms with Crippen LogP contribution in [0.15, 0.2) is 29.6 Å². The molecule has 0 unspecified atom stereocenters. The van der Waals surface area contributed by atoms with Crippen molar-refractivity contribution < 1.29 is 19.4 Å². The molecule has 6 nitrogen and oxygen atoms in total. The predicted octanol–water partition coefficient (Wildman–Crippen LogP) is 3.34. The summed E-state index contributed by atoms with van der Waals surface area (Å²) in [5.41, 5.74) is 0.514. The molecule has 0 spiro atoms. The van der Waals surface area contributed by atoms with Gasteiger partial charge in [-0.3, -0.25) is 4.79 Å². The van der Waals surface area contributed by atoms with Crippen molar-refractivity contribution in [2.24, 2.45) is 0 Å². The summed E-state index contributed by atoms with van der Waals surface area (Å²) in [7, 11) is 0. The van der Waals surface area contributed by atoms with Gasteiger partial charge in [0.25, 0.3) is 5.91 Å². The largest absolute Gasteiger partial charge is 0.494 e. The molecule has 1 aromatic heterocycles. The van der Waals surface area contributed by atoms with Crippen LogP contribution in [0.3, 0.4) is 0 Å². The number of ether oxygens (including phenoxy) is 1. The van der Waals surface area contributed by atoms with Crippen LogP contribution in [0.4, 0.5) is 0 Å². The molecule has 2 aromatic rings. The quantitative estimate of drug-likeness (QED) is 0.679. The van der Waals surface area contributed by atoms with Crippen LogP contribution in [-0.4, -0.2) is 28.6 Å². The number of aromatic carboxylic acids is 1. The van der Waals surface area contributed by atoms with Gasteiger partial charge in [-0.1, -0.05) is 19.8 Å². The van der Waals surface area contributed by atoms with E-state index in [1.165, 1.54) is 16.7 Å². The van der Waals surface area contributed by atoms with Gasteiger partial charge in [0.2, 0.25) is 0 Å². The van der Waals surface area contributed by atoms with E-state index < -0.39 is 5.97 Å². The number of hydrogen-bond donors (Lipinski definition) is 2. The first-order valence-electron chi connectivity index (χ1n) is 7.79. The highest BCUT2D eigenvalue weighted by molar-refractivity contribution is 7.09. The highest BCUT2D eigenvalue weighted by Crippen LogP contribution is 2.14. The van der Waals surface area contributed by atoms with Crippen LogP contribution < -0.4 is 10.1 Å². The van der Waals surface area contributed by atoms with E-state index >= 15 is 0 Å². The Hall–Kier alpha value is -2.41. The van der Waals surface area contributed by atoms with Gasteiger partial charge in [0.15, 0.2) is 5.69 Å². The molecule has 1 amide bonds. The zero-order valence-electron chi connectivity index (χ0n) is 13.4. The molecule has 0 saturated carbocycles. The van der Waals surface area contributed by atoms with E-state index in [-0.39, 0.29) is 18.1 Å². The number of carboxylic acids is 1. The fraction of sp³-hybridized carbons (Fsp3) is 0.353. The molecule has 0 fully saturated rings. The van der Waals surface area contributed by atoms with Crippen molar-refractivity contribution >= 4 is 23.2 Å². The number of carbonyl (C=O) groups excluding carboxylic acids is 1. The molecule has 0 atom stereocenters. The highest BCUT2D eigenvalue weighted by atomic mass is 32.1. The molecule has 7 heteroatoms. The van der Waals surface area contributed by atoms with Crippen molar-refractivity contribution in [3.05, 3.63) is 45.9 Å². The van der Waals surface area contributed by atoms with Crippen molar-refractivity contribution in [3.63, 3.8) is 0 Å². The molecule has 0 aliphatic rings. The van der Waals surface area contributed by atoms with Gasteiger partial charge in [-0.05, 0) is 30.7 Å². The molecule has 1 heterocycles. The number of unbranched alkanes of at least 4 members (excludes halogenated alkanes) is 2. The van der Waals surface area contributed by atoms with Gasteiger partial charge in [-0.25, -0.2) is 9.78 Å². The second kappa shape index (κ2) is 9.02. The third-order valence-electron chi connectivity index (χ3n) is 3.30. The van der Waals surface area contributed by atoms with Gasteiger partial charge < -0.3 is 15.2 Å². The summed E-state index contributed by atoms with van der Waals surface area (Å²) in [6.07, 6.45) is 3.31. The van der Waals surface area contributed by atoms with Crippen molar-refractivity contribution in [1.82, 2.24) is 10.3 Å². The van der Waals surface area contributed by atoms with Gasteiger partial charge in [0, 0.05) is 10.9 Å². The molecule has 0 radical (unpaired) electrons. The standard InChI is InChI=1S/C17H20N2O4S/c1-2-3-4-9-23-13-7-5-12(6-8-13)16(20)18-10-15-19-14(11-24-15)17(21)22/h5-8,11H,2-4,9-10H2,1H3,(H,18,20)(H,21,22). The number of hydrogen-bond acceptors (Lipinski definition) is 5. The maximum atomic E-state index is 12.1. The second-order valence-corrected chi connectivity index (χ2v) is 6.14. The first kappa shape index (κ1) is 17.9. The molecular formula is C17H20N2O4S. The lowest BCUT2D eigenvalue weighted by Crippen LogP contribution is -2.22. The van der Waals surface area contributed by atoms with Crippen molar-refractivity contribution in [2.75, 3.05) is 6.61 Å². The molecule has 0 aliphatic carbocycles. The fourth-order valence-electron chi connectivity index (χ4n) is 1.99. The summed E-state index contributed by atoms with van der Waals surface area (Å²) in [6, 6.07) is 6.95. The maximum Gasteiger partial charge on any atom is 0.355 e. The number of thiazole rings is 1. The summed E-state index contributed by atoms with van der Waals surface area (Å²) in [6.45, 7) is 3.02. The van der Waals surface area contributed by atoms with E-state index in [1.807, 2.05) is 0 Å². The number of nitrogens with one attached hydrogen (secondary N) is 1. The first-order chi connectivity index (χ1) is 11.6. The number of amides is 1. The van der Waals surface area contributed by atoms with Crippen LogP contribution in [0.2, 0.25) is 0 Å². The van der Waals surface area contributed by atoms with Crippen LogP contribution in [0.1, 0.15) is 52.0 Å². The number of nitrogens with zero attached hydrogens (tertiary/aromatic N) is 1. The minimum atomic E-state index is -1.07. The van der Waals surface area contributed by atoms with Gasteiger partial charge in [-0.2, -0.15) is 0 Å². The van der Waals surface area contributed by atoms with E-state index in [0.29, 0.717) is 17.2 Å². The zero-order valence-corrected chi connectivity index (χ0v) is 14.3. The maximum absolute atomic E-state index is 12.1. The van der Waals surface area contributed by atoms with Crippen LogP contribution in [0, 0.1) is 0 Å². The van der Waals surface area contributed by atoms with Gasteiger partial charge >= 0.3 is 5.97 Å². The molecule has 24 heavy (non-hydrogen) atoms. The zero-order chi connectivity index (χ0) is 17.4. The van der Waals surface area contributed by atoms with Crippen LogP contribution in [0.25, 0.3) is 0 Å². The van der Waals surface area contributed by atoms with Crippen LogP contribution in [0.5, 0.6) is 5.75 Å². The van der Waals surface area contributed by atoms with E-state index in [1.54, 1.807) is 24.3 Å². The third-order valence-corrected chi connectivity index (χ3v) is 4.15. The lowest BCUT2D eigenvalue weighted by atomic mass is 10.2.